The van der Waals surface area contributed by atoms with Crippen LogP contribution in [-0.2, 0) is 0 Å². The predicted octanol–water partition coefficient (Wildman–Crippen LogP) is 1.03. The molecule has 0 spiro atoms. The maximum atomic E-state index is 12.0. The van der Waals surface area contributed by atoms with E-state index in [-0.39, 0.29) is 0 Å². The van der Waals surface area contributed by atoms with Crippen LogP contribution in [0.15, 0.2) is 4.99 Å². The van der Waals surface area contributed by atoms with E-state index in [1.807, 2.05) is 0 Å². The SMILES string of the molecule is NN1C(=S)C(C(F)(F)F)=NC1Cl. The van der Waals surface area contributed by atoms with Gasteiger partial charge in [-0.1, -0.05) is 23.8 Å². The Balaban J connectivity index is 2.95. The topological polar surface area (TPSA) is 41.6 Å². The van der Waals surface area contributed by atoms with E-state index < -0.39 is 22.5 Å². The predicted molar refractivity (Wildman–Crippen MR) is 41.8 cm³/mol. The van der Waals surface area contributed by atoms with Crippen LogP contribution in [-0.4, -0.2) is 27.5 Å². The molecule has 0 aromatic carbocycles. The van der Waals surface area contributed by atoms with Crippen molar-refractivity contribution in [2.45, 2.75) is 11.8 Å². The smallest absolute Gasteiger partial charge is 0.261 e. The molecule has 0 fully saturated rings. The van der Waals surface area contributed by atoms with E-state index in [1.54, 1.807) is 0 Å². The molecule has 0 radical (unpaired) electrons. The number of hydrogen-bond acceptors (Lipinski definition) is 3. The highest BCUT2D eigenvalue weighted by Crippen LogP contribution is 2.25. The van der Waals surface area contributed by atoms with Gasteiger partial charge in [0.1, 0.15) is 4.99 Å². The molecular formula is C4H3ClF3N3S. The zero-order valence-electron chi connectivity index (χ0n) is 5.47. The summed E-state index contributed by atoms with van der Waals surface area (Å²) >= 11 is 9.64. The molecule has 0 aromatic rings. The van der Waals surface area contributed by atoms with Crippen molar-refractivity contribution in [3.05, 3.63) is 0 Å². The molecule has 1 heterocycles. The fourth-order valence-electron chi connectivity index (χ4n) is 0.637. The molecule has 1 aliphatic heterocycles. The first-order chi connectivity index (χ1) is 5.34. The van der Waals surface area contributed by atoms with Crippen molar-refractivity contribution in [1.82, 2.24) is 5.01 Å². The number of thiocarbonyl (C=S) groups is 1. The van der Waals surface area contributed by atoms with Gasteiger partial charge in [-0.25, -0.2) is 10.8 Å². The van der Waals surface area contributed by atoms with Gasteiger partial charge in [-0.3, -0.25) is 5.01 Å². The Labute approximate surface area is 76.0 Å². The van der Waals surface area contributed by atoms with Gasteiger partial charge in [0.05, 0.1) is 0 Å². The number of halogens is 4. The highest BCUT2D eigenvalue weighted by atomic mass is 35.5. The normalized spacial score (nSPS) is 24.8. The Morgan fingerprint density at radius 2 is 2.08 bits per heavy atom. The quantitative estimate of drug-likeness (QED) is 0.285. The van der Waals surface area contributed by atoms with E-state index in [9.17, 15) is 13.2 Å². The summed E-state index contributed by atoms with van der Waals surface area (Å²) in [6.45, 7) is 0. The molecule has 2 N–H and O–H groups in total. The second kappa shape index (κ2) is 2.82. The first-order valence-corrected chi connectivity index (χ1v) is 3.56. The lowest BCUT2D eigenvalue weighted by molar-refractivity contribution is -0.0565. The minimum absolute atomic E-state index is 0.581. The molecule has 0 saturated carbocycles. The molecule has 0 bridgehead atoms. The van der Waals surface area contributed by atoms with E-state index in [0.717, 1.165) is 0 Å². The van der Waals surface area contributed by atoms with Crippen LogP contribution in [0.25, 0.3) is 0 Å². The maximum absolute atomic E-state index is 12.0. The summed E-state index contributed by atoms with van der Waals surface area (Å²) < 4.78 is 36.0. The van der Waals surface area contributed by atoms with Crippen LogP contribution in [0, 0.1) is 0 Å². The van der Waals surface area contributed by atoms with Gasteiger partial charge in [0, 0.05) is 0 Å². The average Bonchev–Trinajstić information content (AvgIpc) is 2.15. The van der Waals surface area contributed by atoms with Crippen molar-refractivity contribution >= 4 is 34.5 Å². The first-order valence-electron chi connectivity index (χ1n) is 2.71. The molecule has 0 saturated heterocycles. The van der Waals surface area contributed by atoms with Crippen LogP contribution in [0.1, 0.15) is 0 Å². The molecule has 0 aromatic heterocycles. The lowest BCUT2D eigenvalue weighted by atomic mass is 10.4. The number of hydrazine groups is 1. The third-order valence-electron chi connectivity index (χ3n) is 1.17. The number of nitrogens with zero attached hydrogens (tertiary/aromatic N) is 2. The van der Waals surface area contributed by atoms with Crippen molar-refractivity contribution in [2.24, 2.45) is 10.8 Å². The molecule has 1 atom stereocenters. The lowest BCUT2D eigenvalue weighted by Crippen LogP contribution is -2.41. The van der Waals surface area contributed by atoms with Crippen LogP contribution < -0.4 is 5.84 Å². The Hall–Kier alpha value is -0.400. The van der Waals surface area contributed by atoms with Gasteiger partial charge >= 0.3 is 6.18 Å². The summed E-state index contributed by atoms with van der Waals surface area (Å²) in [6, 6.07) is 0. The van der Waals surface area contributed by atoms with Crippen molar-refractivity contribution < 1.29 is 13.2 Å². The fourth-order valence-corrected chi connectivity index (χ4v) is 1.16. The number of rotatable bonds is 0. The van der Waals surface area contributed by atoms with Gasteiger partial charge < -0.3 is 0 Å². The Kier molecular flexibility index (Phi) is 2.28. The molecule has 68 valence electrons. The number of aliphatic imine (C=N–C) groups is 1. The van der Waals surface area contributed by atoms with Gasteiger partial charge in [0.15, 0.2) is 5.71 Å². The molecule has 1 unspecified atom stereocenters. The summed E-state index contributed by atoms with van der Waals surface area (Å²) in [7, 11) is 0. The summed E-state index contributed by atoms with van der Waals surface area (Å²) in [6.07, 6.45) is -4.58. The monoisotopic (exact) mass is 217 g/mol. The molecule has 1 aliphatic rings. The van der Waals surface area contributed by atoms with Gasteiger partial charge in [-0.05, 0) is 0 Å². The second-order valence-corrected chi connectivity index (χ2v) is 2.78. The van der Waals surface area contributed by atoms with Gasteiger partial charge in [0.2, 0.25) is 5.62 Å². The summed E-state index contributed by atoms with van der Waals surface area (Å²) in [4.78, 5) is 2.46. The van der Waals surface area contributed by atoms with Crippen LogP contribution in [0.3, 0.4) is 0 Å². The third-order valence-corrected chi connectivity index (χ3v) is 1.88. The Morgan fingerprint density at radius 1 is 1.58 bits per heavy atom. The fraction of sp³-hybridized carbons (Fsp3) is 0.500. The molecule has 3 nitrogen and oxygen atoms in total. The largest absolute Gasteiger partial charge is 0.436 e. The first kappa shape index (κ1) is 9.69. The Bertz CT molecular complexity index is 250. The summed E-state index contributed by atoms with van der Waals surface area (Å²) in [5.74, 6) is 5.05. The standard InChI is InChI=1S/C4H3ClF3N3S/c5-3-10-1(4(6,7)8)2(12)11(3)9/h3H,9H2. The van der Waals surface area contributed by atoms with E-state index >= 15 is 0 Å². The lowest BCUT2D eigenvalue weighted by Gasteiger charge is -2.13. The minimum atomic E-state index is -4.58. The molecule has 12 heavy (non-hydrogen) atoms. The average molecular weight is 218 g/mol. The molecule has 0 aliphatic carbocycles. The molecule has 8 heteroatoms. The van der Waals surface area contributed by atoms with Crippen LogP contribution in [0.4, 0.5) is 13.2 Å². The summed E-state index contributed by atoms with van der Waals surface area (Å²) in [5, 5.41) is 0.583. The van der Waals surface area contributed by atoms with Crippen LogP contribution in [0.5, 0.6) is 0 Å². The van der Waals surface area contributed by atoms with Crippen molar-refractivity contribution in [3.63, 3.8) is 0 Å². The van der Waals surface area contributed by atoms with E-state index in [4.69, 9.17) is 17.4 Å². The third kappa shape index (κ3) is 1.52. The van der Waals surface area contributed by atoms with Crippen LogP contribution in [0.2, 0.25) is 0 Å². The number of alkyl halides is 4. The van der Waals surface area contributed by atoms with Gasteiger partial charge in [-0.2, -0.15) is 13.2 Å². The molecule has 0 amide bonds. The van der Waals surface area contributed by atoms with Crippen molar-refractivity contribution in [2.75, 3.05) is 0 Å². The van der Waals surface area contributed by atoms with E-state index in [0.29, 0.717) is 5.01 Å². The van der Waals surface area contributed by atoms with Gasteiger partial charge in [0.25, 0.3) is 0 Å². The van der Waals surface area contributed by atoms with E-state index in [2.05, 4.69) is 17.2 Å². The van der Waals surface area contributed by atoms with Crippen LogP contribution >= 0.6 is 23.8 Å². The Morgan fingerprint density at radius 3 is 2.25 bits per heavy atom. The summed E-state index contributed by atoms with van der Waals surface area (Å²) in [5.41, 5.74) is -2.45. The molecule has 1 rings (SSSR count). The highest BCUT2D eigenvalue weighted by molar-refractivity contribution is 7.82. The number of hydrogen-bond donors (Lipinski definition) is 1. The minimum Gasteiger partial charge on any atom is -0.261 e. The van der Waals surface area contributed by atoms with Crippen molar-refractivity contribution in [1.29, 1.82) is 0 Å². The number of nitrogens with two attached hydrogens (primary N) is 1. The zero-order chi connectivity index (χ0) is 9.52. The maximum Gasteiger partial charge on any atom is 0.436 e. The van der Waals surface area contributed by atoms with E-state index in [1.165, 1.54) is 0 Å². The zero-order valence-corrected chi connectivity index (χ0v) is 7.04. The highest BCUT2D eigenvalue weighted by Gasteiger charge is 2.45. The second-order valence-electron chi connectivity index (χ2n) is 2.00. The van der Waals surface area contributed by atoms with Gasteiger partial charge in [-0.15, -0.1) is 0 Å². The molecular weight excluding hydrogens is 215 g/mol. The van der Waals surface area contributed by atoms with Crippen molar-refractivity contribution in [3.8, 4) is 0 Å².